The molecule has 1 aromatic carbocycles. The van der Waals surface area contributed by atoms with Crippen molar-refractivity contribution in [3.63, 3.8) is 0 Å². The van der Waals surface area contributed by atoms with E-state index in [0.717, 1.165) is 48.9 Å². The smallest absolute Gasteiger partial charge is 0.236 e. The average molecular weight is 342 g/mol. The fourth-order valence-electron chi connectivity index (χ4n) is 3.24. The van der Waals surface area contributed by atoms with Crippen molar-refractivity contribution in [2.45, 2.75) is 12.5 Å². The summed E-state index contributed by atoms with van der Waals surface area (Å²) in [7, 11) is 1.56. The molecule has 1 fully saturated rings. The maximum absolute atomic E-state index is 6.08. The van der Waals surface area contributed by atoms with Gasteiger partial charge in [0.15, 0.2) is 0 Å². The first-order valence-corrected chi connectivity index (χ1v) is 8.46. The molecule has 2 aliphatic rings. The number of ether oxygens (including phenoxy) is 3. The van der Waals surface area contributed by atoms with Crippen molar-refractivity contribution >= 4 is 17.1 Å². The highest BCUT2D eigenvalue weighted by Crippen LogP contribution is 2.40. The molecule has 132 valence electrons. The maximum Gasteiger partial charge on any atom is 0.236 e. The lowest BCUT2D eigenvalue weighted by Crippen LogP contribution is -2.29. The summed E-state index contributed by atoms with van der Waals surface area (Å²) in [6, 6.07) is 7.81. The summed E-state index contributed by atoms with van der Waals surface area (Å²) >= 11 is 0. The Bertz CT molecular complexity index is 762. The van der Waals surface area contributed by atoms with Gasteiger partial charge in [-0.3, -0.25) is 0 Å². The highest BCUT2D eigenvalue weighted by molar-refractivity contribution is 5.73. The monoisotopic (exact) mass is 342 g/mol. The summed E-state index contributed by atoms with van der Waals surface area (Å²) in [5.41, 5.74) is 8.40. The van der Waals surface area contributed by atoms with Gasteiger partial charge in [0.2, 0.25) is 5.88 Å². The number of anilines is 3. The predicted octanol–water partition coefficient (Wildman–Crippen LogP) is 1.94. The Morgan fingerprint density at radius 2 is 2.28 bits per heavy atom. The van der Waals surface area contributed by atoms with Gasteiger partial charge < -0.3 is 30.2 Å². The third kappa shape index (κ3) is 3.15. The van der Waals surface area contributed by atoms with Gasteiger partial charge in [-0.1, -0.05) is 0 Å². The molecule has 25 heavy (non-hydrogen) atoms. The Hall–Kier alpha value is -2.67. The van der Waals surface area contributed by atoms with Crippen LogP contribution in [0, 0.1) is 0 Å². The van der Waals surface area contributed by atoms with Crippen LogP contribution in [0.3, 0.4) is 0 Å². The van der Waals surface area contributed by atoms with Crippen molar-refractivity contribution in [2.75, 3.05) is 44.0 Å². The lowest BCUT2D eigenvalue weighted by Gasteiger charge is -2.31. The molecule has 0 amide bonds. The fourth-order valence-corrected chi connectivity index (χ4v) is 3.24. The summed E-state index contributed by atoms with van der Waals surface area (Å²) in [5, 5.41) is 3.31. The van der Waals surface area contributed by atoms with Gasteiger partial charge in [0.25, 0.3) is 0 Å². The van der Waals surface area contributed by atoms with E-state index < -0.39 is 0 Å². The van der Waals surface area contributed by atoms with Crippen molar-refractivity contribution in [3.8, 4) is 17.4 Å². The van der Waals surface area contributed by atoms with E-state index in [1.807, 2.05) is 24.3 Å². The normalized spacial score (nSPS) is 19.2. The standard InChI is InChI=1S/C18H22N4O3/c1-23-18-15(19)8-12(10-21-18)22-6-7-24-17-3-2-13(9-16(17)22)25-14-4-5-20-11-14/h2-3,8-10,14,20H,4-7,11,19H2,1H3/t14-/m0/s1. The van der Waals surface area contributed by atoms with Crippen LogP contribution in [0.4, 0.5) is 17.1 Å². The number of hydrogen-bond acceptors (Lipinski definition) is 7. The molecule has 7 nitrogen and oxygen atoms in total. The van der Waals surface area contributed by atoms with E-state index in [9.17, 15) is 0 Å². The fraction of sp³-hybridized carbons (Fsp3) is 0.389. The van der Waals surface area contributed by atoms with Crippen molar-refractivity contribution in [1.29, 1.82) is 0 Å². The number of benzene rings is 1. The van der Waals surface area contributed by atoms with E-state index in [0.29, 0.717) is 18.2 Å². The number of rotatable bonds is 4. The quantitative estimate of drug-likeness (QED) is 0.879. The summed E-state index contributed by atoms with van der Waals surface area (Å²) in [6.45, 7) is 3.21. The Morgan fingerprint density at radius 1 is 1.36 bits per heavy atom. The largest absolute Gasteiger partial charge is 0.490 e. The van der Waals surface area contributed by atoms with E-state index in [2.05, 4.69) is 15.2 Å². The Morgan fingerprint density at radius 3 is 3.04 bits per heavy atom. The van der Waals surface area contributed by atoms with Crippen LogP contribution in [0.2, 0.25) is 0 Å². The van der Waals surface area contributed by atoms with Crippen molar-refractivity contribution in [3.05, 3.63) is 30.5 Å². The molecule has 0 bridgehead atoms. The molecule has 1 aromatic heterocycles. The van der Waals surface area contributed by atoms with Crippen molar-refractivity contribution in [2.24, 2.45) is 0 Å². The molecule has 2 aromatic rings. The number of nitrogens with one attached hydrogen (secondary N) is 1. The van der Waals surface area contributed by atoms with E-state index in [1.54, 1.807) is 13.3 Å². The van der Waals surface area contributed by atoms with Crippen LogP contribution in [0.5, 0.6) is 17.4 Å². The van der Waals surface area contributed by atoms with Crippen LogP contribution in [0.25, 0.3) is 0 Å². The number of methoxy groups -OCH3 is 1. The second-order valence-electron chi connectivity index (χ2n) is 6.15. The number of pyridine rings is 1. The van der Waals surface area contributed by atoms with Gasteiger partial charge in [-0.25, -0.2) is 4.98 Å². The van der Waals surface area contributed by atoms with Crippen LogP contribution >= 0.6 is 0 Å². The number of nitrogen functional groups attached to an aromatic ring is 1. The van der Waals surface area contributed by atoms with E-state index in [-0.39, 0.29) is 6.10 Å². The van der Waals surface area contributed by atoms with Crippen LogP contribution < -0.4 is 30.2 Å². The molecular formula is C18H22N4O3. The van der Waals surface area contributed by atoms with Gasteiger partial charge in [-0.15, -0.1) is 0 Å². The molecule has 0 radical (unpaired) electrons. The Balaban J connectivity index is 1.64. The topological polar surface area (TPSA) is 81.9 Å². The first-order chi connectivity index (χ1) is 12.2. The van der Waals surface area contributed by atoms with Crippen molar-refractivity contribution in [1.82, 2.24) is 10.3 Å². The summed E-state index contributed by atoms with van der Waals surface area (Å²) in [4.78, 5) is 6.42. The van der Waals surface area contributed by atoms with E-state index in [1.165, 1.54) is 0 Å². The van der Waals surface area contributed by atoms with Crippen LogP contribution in [-0.4, -0.2) is 44.4 Å². The van der Waals surface area contributed by atoms with Crippen molar-refractivity contribution < 1.29 is 14.2 Å². The molecule has 4 rings (SSSR count). The molecule has 0 saturated carbocycles. The summed E-state index contributed by atoms with van der Waals surface area (Å²) in [6.07, 6.45) is 3.00. The second kappa shape index (κ2) is 6.68. The van der Waals surface area contributed by atoms with Gasteiger partial charge in [-0.2, -0.15) is 0 Å². The molecule has 3 N–H and O–H groups in total. The minimum absolute atomic E-state index is 0.217. The zero-order chi connectivity index (χ0) is 17.2. The molecule has 0 aliphatic carbocycles. The van der Waals surface area contributed by atoms with Gasteiger partial charge in [0.05, 0.1) is 36.9 Å². The zero-order valence-corrected chi connectivity index (χ0v) is 14.2. The van der Waals surface area contributed by atoms with E-state index >= 15 is 0 Å². The maximum atomic E-state index is 6.08. The number of nitrogens with two attached hydrogens (primary N) is 1. The number of hydrogen-bond donors (Lipinski definition) is 2. The van der Waals surface area contributed by atoms with Crippen LogP contribution in [-0.2, 0) is 0 Å². The summed E-state index contributed by atoms with van der Waals surface area (Å²) in [5.74, 6) is 2.11. The Labute approximate surface area is 146 Å². The van der Waals surface area contributed by atoms with Crippen LogP contribution in [0.1, 0.15) is 6.42 Å². The zero-order valence-electron chi connectivity index (χ0n) is 14.2. The highest BCUT2D eigenvalue weighted by Gasteiger charge is 2.23. The molecule has 1 saturated heterocycles. The SMILES string of the molecule is COc1ncc(N2CCOc3ccc(O[C@H]4CCNC4)cc32)cc1N. The average Bonchev–Trinajstić information content (AvgIpc) is 3.14. The highest BCUT2D eigenvalue weighted by atomic mass is 16.5. The first-order valence-electron chi connectivity index (χ1n) is 8.46. The minimum atomic E-state index is 0.217. The minimum Gasteiger partial charge on any atom is -0.490 e. The molecule has 0 spiro atoms. The van der Waals surface area contributed by atoms with Gasteiger partial charge in [0, 0.05) is 12.6 Å². The summed E-state index contributed by atoms with van der Waals surface area (Å²) < 4.78 is 17.0. The molecule has 7 heteroatoms. The van der Waals surface area contributed by atoms with Gasteiger partial charge in [0.1, 0.15) is 24.2 Å². The van der Waals surface area contributed by atoms with Gasteiger partial charge in [-0.05, 0) is 31.2 Å². The molecule has 0 unspecified atom stereocenters. The number of aromatic nitrogens is 1. The lowest BCUT2D eigenvalue weighted by atomic mass is 10.2. The molecule has 2 aliphatic heterocycles. The predicted molar refractivity (Wildman–Crippen MR) is 96.0 cm³/mol. The lowest BCUT2D eigenvalue weighted by molar-refractivity contribution is 0.222. The second-order valence-corrected chi connectivity index (χ2v) is 6.15. The number of nitrogens with zero attached hydrogens (tertiary/aromatic N) is 2. The van der Waals surface area contributed by atoms with E-state index in [4.69, 9.17) is 19.9 Å². The third-order valence-electron chi connectivity index (χ3n) is 4.48. The Kier molecular flexibility index (Phi) is 4.23. The molecule has 1 atom stereocenters. The molecular weight excluding hydrogens is 320 g/mol. The third-order valence-corrected chi connectivity index (χ3v) is 4.48. The van der Waals surface area contributed by atoms with Gasteiger partial charge >= 0.3 is 0 Å². The molecule has 3 heterocycles. The number of fused-ring (bicyclic) bond motifs is 1. The first kappa shape index (κ1) is 15.8. The van der Waals surface area contributed by atoms with Crippen LogP contribution in [0.15, 0.2) is 30.5 Å².